The Labute approximate surface area is 102 Å². The largest absolute Gasteiger partial charge is 0.464 e. The lowest BCUT2D eigenvalue weighted by atomic mass is 10.2. The van der Waals surface area contributed by atoms with Crippen LogP contribution < -0.4 is 5.32 Å². The number of fused-ring (bicyclic) bond motifs is 1. The molecule has 1 atom stereocenters. The van der Waals surface area contributed by atoms with Crippen LogP contribution in [0.3, 0.4) is 0 Å². The van der Waals surface area contributed by atoms with Gasteiger partial charge in [-0.15, -0.1) is 0 Å². The highest BCUT2D eigenvalue weighted by Crippen LogP contribution is 2.20. The highest BCUT2D eigenvalue weighted by molar-refractivity contribution is 5.80. The highest BCUT2D eigenvalue weighted by atomic mass is 16.5. The minimum Gasteiger partial charge on any atom is -0.464 e. The standard InChI is InChI=1S/C14H19NO2/c1-3-16-11(2)8-15-9-12-10-17-14-7-5-4-6-13(12)14/h4-7,10-11,15H,3,8-9H2,1-2H3. The van der Waals surface area contributed by atoms with E-state index in [1.807, 2.05) is 31.4 Å². The van der Waals surface area contributed by atoms with Crippen molar-refractivity contribution in [3.8, 4) is 0 Å². The fourth-order valence-electron chi connectivity index (χ4n) is 1.92. The maximum absolute atomic E-state index is 5.48. The molecule has 0 amide bonds. The zero-order valence-corrected chi connectivity index (χ0v) is 10.4. The van der Waals surface area contributed by atoms with E-state index < -0.39 is 0 Å². The second-order valence-electron chi connectivity index (χ2n) is 4.15. The Hall–Kier alpha value is -1.32. The van der Waals surface area contributed by atoms with Crippen LogP contribution in [0.4, 0.5) is 0 Å². The van der Waals surface area contributed by atoms with Gasteiger partial charge in [0.1, 0.15) is 5.58 Å². The predicted molar refractivity (Wildman–Crippen MR) is 69.0 cm³/mol. The second kappa shape index (κ2) is 5.84. The van der Waals surface area contributed by atoms with E-state index >= 15 is 0 Å². The molecule has 0 aliphatic heterocycles. The van der Waals surface area contributed by atoms with Crippen LogP contribution in [0.25, 0.3) is 11.0 Å². The molecule has 0 radical (unpaired) electrons. The molecule has 1 aromatic carbocycles. The number of hydrogen-bond acceptors (Lipinski definition) is 3. The number of para-hydroxylation sites is 1. The number of benzene rings is 1. The fourth-order valence-corrected chi connectivity index (χ4v) is 1.92. The molecule has 3 nitrogen and oxygen atoms in total. The Bertz CT molecular complexity index is 464. The lowest BCUT2D eigenvalue weighted by Gasteiger charge is -2.11. The summed E-state index contributed by atoms with van der Waals surface area (Å²) in [6.07, 6.45) is 2.07. The highest BCUT2D eigenvalue weighted by Gasteiger charge is 2.05. The molecule has 2 aromatic rings. The summed E-state index contributed by atoms with van der Waals surface area (Å²) in [6.45, 7) is 6.52. The Morgan fingerprint density at radius 3 is 3.00 bits per heavy atom. The summed E-state index contributed by atoms with van der Waals surface area (Å²) < 4.78 is 10.9. The summed E-state index contributed by atoms with van der Waals surface area (Å²) in [5.74, 6) is 0. The smallest absolute Gasteiger partial charge is 0.134 e. The first-order chi connectivity index (χ1) is 8.31. The van der Waals surface area contributed by atoms with Gasteiger partial charge >= 0.3 is 0 Å². The summed E-state index contributed by atoms with van der Waals surface area (Å²) in [4.78, 5) is 0. The number of rotatable bonds is 6. The molecular weight excluding hydrogens is 214 g/mol. The zero-order valence-electron chi connectivity index (χ0n) is 10.4. The first kappa shape index (κ1) is 12.1. The maximum Gasteiger partial charge on any atom is 0.134 e. The molecule has 0 saturated heterocycles. The van der Waals surface area contributed by atoms with Gasteiger partial charge in [0.2, 0.25) is 0 Å². The van der Waals surface area contributed by atoms with E-state index in [4.69, 9.17) is 9.15 Å². The maximum atomic E-state index is 5.48. The van der Waals surface area contributed by atoms with Gasteiger partial charge in [0.25, 0.3) is 0 Å². The average Bonchev–Trinajstić information content (AvgIpc) is 2.73. The number of nitrogens with one attached hydrogen (secondary N) is 1. The van der Waals surface area contributed by atoms with Crippen molar-refractivity contribution in [1.29, 1.82) is 0 Å². The number of hydrogen-bond donors (Lipinski definition) is 1. The van der Waals surface area contributed by atoms with Crippen molar-refractivity contribution in [2.45, 2.75) is 26.5 Å². The van der Waals surface area contributed by atoms with Gasteiger partial charge in [-0.25, -0.2) is 0 Å². The van der Waals surface area contributed by atoms with E-state index in [1.165, 1.54) is 10.9 Å². The average molecular weight is 233 g/mol. The molecular formula is C14H19NO2. The summed E-state index contributed by atoms with van der Waals surface area (Å²) in [7, 11) is 0. The Morgan fingerprint density at radius 2 is 2.18 bits per heavy atom. The molecule has 0 aliphatic rings. The van der Waals surface area contributed by atoms with Crippen molar-refractivity contribution < 1.29 is 9.15 Å². The van der Waals surface area contributed by atoms with E-state index in [0.717, 1.165) is 25.3 Å². The molecule has 1 unspecified atom stereocenters. The van der Waals surface area contributed by atoms with Gasteiger partial charge < -0.3 is 14.5 Å². The third-order valence-corrected chi connectivity index (χ3v) is 2.76. The molecule has 17 heavy (non-hydrogen) atoms. The van der Waals surface area contributed by atoms with Gasteiger partial charge in [0.05, 0.1) is 12.4 Å². The second-order valence-corrected chi connectivity index (χ2v) is 4.15. The van der Waals surface area contributed by atoms with Crippen molar-refractivity contribution >= 4 is 11.0 Å². The molecule has 1 aromatic heterocycles. The molecule has 0 aliphatic carbocycles. The minimum atomic E-state index is 0.248. The van der Waals surface area contributed by atoms with Crippen molar-refractivity contribution in [2.75, 3.05) is 13.2 Å². The van der Waals surface area contributed by atoms with Gasteiger partial charge in [-0.05, 0) is 19.9 Å². The van der Waals surface area contributed by atoms with Crippen molar-refractivity contribution in [2.24, 2.45) is 0 Å². The third-order valence-electron chi connectivity index (χ3n) is 2.76. The molecule has 92 valence electrons. The van der Waals surface area contributed by atoms with Gasteiger partial charge in [-0.3, -0.25) is 0 Å². The number of furan rings is 1. The third kappa shape index (κ3) is 3.08. The summed E-state index contributed by atoms with van der Waals surface area (Å²) in [5.41, 5.74) is 2.14. The summed E-state index contributed by atoms with van der Waals surface area (Å²) >= 11 is 0. The minimum absolute atomic E-state index is 0.248. The van der Waals surface area contributed by atoms with Crippen LogP contribution in [0.1, 0.15) is 19.4 Å². The van der Waals surface area contributed by atoms with Crippen molar-refractivity contribution in [3.05, 3.63) is 36.1 Å². The first-order valence-corrected chi connectivity index (χ1v) is 6.08. The lowest BCUT2D eigenvalue weighted by Crippen LogP contribution is -2.26. The SMILES string of the molecule is CCOC(C)CNCc1coc2ccccc12. The van der Waals surface area contributed by atoms with Crippen LogP contribution >= 0.6 is 0 Å². The van der Waals surface area contributed by atoms with E-state index in [1.54, 1.807) is 0 Å². The van der Waals surface area contributed by atoms with Crippen molar-refractivity contribution in [1.82, 2.24) is 5.32 Å². The van der Waals surface area contributed by atoms with E-state index in [9.17, 15) is 0 Å². The topological polar surface area (TPSA) is 34.4 Å². The quantitative estimate of drug-likeness (QED) is 0.833. The Morgan fingerprint density at radius 1 is 1.35 bits per heavy atom. The van der Waals surface area contributed by atoms with Gasteiger partial charge in [0, 0.05) is 30.6 Å². The first-order valence-electron chi connectivity index (χ1n) is 6.08. The molecule has 1 N–H and O–H groups in total. The predicted octanol–water partition coefficient (Wildman–Crippen LogP) is 2.95. The normalized spacial score (nSPS) is 13.1. The van der Waals surface area contributed by atoms with Crippen LogP contribution in [-0.4, -0.2) is 19.3 Å². The number of ether oxygens (including phenoxy) is 1. The Balaban J connectivity index is 1.91. The zero-order chi connectivity index (χ0) is 12.1. The van der Waals surface area contributed by atoms with Crippen LogP contribution in [0.5, 0.6) is 0 Å². The van der Waals surface area contributed by atoms with Crippen LogP contribution in [0.15, 0.2) is 34.9 Å². The fraction of sp³-hybridized carbons (Fsp3) is 0.429. The molecule has 0 fully saturated rings. The molecule has 3 heteroatoms. The summed E-state index contributed by atoms with van der Waals surface area (Å²) in [6, 6.07) is 8.09. The lowest BCUT2D eigenvalue weighted by molar-refractivity contribution is 0.0759. The molecule has 2 rings (SSSR count). The van der Waals surface area contributed by atoms with Gasteiger partial charge in [0.15, 0.2) is 0 Å². The summed E-state index contributed by atoms with van der Waals surface area (Å²) in [5, 5.41) is 4.56. The molecule has 0 saturated carbocycles. The Kier molecular flexibility index (Phi) is 4.18. The van der Waals surface area contributed by atoms with Gasteiger partial charge in [-0.2, -0.15) is 0 Å². The molecule has 0 bridgehead atoms. The van der Waals surface area contributed by atoms with Crippen molar-refractivity contribution in [3.63, 3.8) is 0 Å². The van der Waals surface area contributed by atoms with Crippen LogP contribution in [0.2, 0.25) is 0 Å². The molecule has 1 heterocycles. The van der Waals surface area contributed by atoms with Gasteiger partial charge in [-0.1, -0.05) is 18.2 Å². The monoisotopic (exact) mass is 233 g/mol. The van der Waals surface area contributed by atoms with E-state index in [-0.39, 0.29) is 6.10 Å². The van der Waals surface area contributed by atoms with E-state index in [0.29, 0.717) is 0 Å². The van der Waals surface area contributed by atoms with E-state index in [2.05, 4.69) is 18.3 Å². The van der Waals surface area contributed by atoms with Crippen LogP contribution in [0, 0.1) is 0 Å². The molecule has 0 spiro atoms. The van der Waals surface area contributed by atoms with Crippen LogP contribution in [-0.2, 0) is 11.3 Å².